The van der Waals surface area contributed by atoms with Crippen LogP contribution in [-0.2, 0) is 27.7 Å². The van der Waals surface area contributed by atoms with Crippen LogP contribution < -0.4 is 5.32 Å². The highest BCUT2D eigenvalue weighted by Gasteiger charge is 2.34. The molecule has 10 heteroatoms. The first-order valence-electron chi connectivity index (χ1n) is 9.28. The minimum Gasteiger partial charge on any atom is -0.346 e. The fourth-order valence-corrected chi connectivity index (χ4v) is 5.16. The van der Waals surface area contributed by atoms with Gasteiger partial charge in [-0.15, -0.1) is 0 Å². The number of carbonyl (C=O) groups excluding carboxylic acids is 1. The van der Waals surface area contributed by atoms with Gasteiger partial charge in [-0.05, 0) is 49.4 Å². The van der Waals surface area contributed by atoms with E-state index in [1.54, 1.807) is 17.0 Å². The number of amides is 1. The maximum atomic E-state index is 12.9. The van der Waals surface area contributed by atoms with E-state index in [2.05, 4.69) is 0 Å². The fourth-order valence-electron chi connectivity index (χ4n) is 3.69. The largest absolute Gasteiger partial charge is 0.405 e. The van der Waals surface area contributed by atoms with Gasteiger partial charge in [-0.25, -0.2) is 8.42 Å². The van der Waals surface area contributed by atoms with Crippen molar-refractivity contribution in [1.82, 2.24) is 14.5 Å². The van der Waals surface area contributed by atoms with Crippen molar-refractivity contribution in [2.45, 2.75) is 43.3 Å². The van der Waals surface area contributed by atoms with Gasteiger partial charge in [-0.1, -0.05) is 6.07 Å². The molecule has 6 nitrogen and oxygen atoms in total. The van der Waals surface area contributed by atoms with Crippen LogP contribution in [0.25, 0.3) is 0 Å². The second-order valence-corrected chi connectivity index (χ2v) is 9.17. The average Bonchev–Trinajstić information content (AvgIpc) is 3.13. The van der Waals surface area contributed by atoms with Crippen LogP contribution in [0.2, 0.25) is 0 Å². The van der Waals surface area contributed by atoms with Crippen molar-refractivity contribution in [3.63, 3.8) is 0 Å². The van der Waals surface area contributed by atoms with Crippen LogP contribution in [0, 0.1) is 0 Å². The van der Waals surface area contributed by atoms with Gasteiger partial charge in [-0.3, -0.25) is 9.69 Å². The third-order valence-corrected chi connectivity index (χ3v) is 7.27. The third kappa shape index (κ3) is 4.66. The molecule has 1 aliphatic carbocycles. The molecule has 156 valence electrons. The second kappa shape index (κ2) is 8.00. The molecule has 1 atom stereocenters. The molecule has 1 aromatic carbocycles. The van der Waals surface area contributed by atoms with Crippen molar-refractivity contribution in [1.29, 1.82) is 0 Å². The average molecular weight is 419 g/mol. The quantitative estimate of drug-likeness (QED) is 0.786. The summed E-state index contributed by atoms with van der Waals surface area (Å²) in [5.41, 5.74) is 2.28. The van der Waals surface area contributed by atoms with E-state index in [1.807, 2.05) is 11.4 Å². The summed E-state index contributed by atoms with van der Waals surface area (Å²) in [6, 6.07) is 4.50. The summed E-state index contributed by atoms with van der Waals surface area (Å²) in [5.74, 6) is -0.716. The number of alkyl halides is 3. The van der Waals surface area contributed by atoms with Gasteiger partial charge in [0.2, 0.25) is 15.9 Å². The van der Waals surface area contributed by atoms with Gasteiger partial charge in [0.1, 0.15) is 6.54 Å². The molecule has 28 heavy (non-hydrogen) atoms. The monoisotopic (exact) mass is 419 g/mol. The number of hydrogen-bond donors (Lipinski definition) is 1. The van der Waals surface area contributed by atoms with Crippen LogP contribution in [0.3, 0.4) is 0 Å². The van der Waals surface area contributed by atoms with E-state index < -0.39 is 34.7 Å². The van der Waals surface area contributed by atoms with Gasteiger partial charge in [0.25, 0.3) is 0 Å². The SMILES string of the molecule is CC(C(=O)NCC(F)(F)F)N1CCN(S(=O)(=O)c2ccc3c(c2)CCC3)CC1. The van der Waals surface area contributed by atoms with Crippen LogP contribution in [0.1, 0.15) is 24.5 Å². The second-order valence-electron chi connectivity index (χ2n) is 7.23. The van der Waals surface area contributed by atoms with Gasteiger partial charge in [0.15, 0.2) is 0 Å². The molecule has 1 N–H and O–H groups in total. The maximum absolute atomic E-state index is 12.9. The molecule has 1 unspecified atom stereocenters. The van der Waals surface area contributed by atoms with Crippen molar-refractivity contribution in [3.8, 4) is 0 Å². The summed E-state index contributed by atoms with van der Waals surface area (Å²) < 4.78 is 63.9. The highest BCUT2D eigenvalue weighted by Crippen LogP contribution is 2.27. The van der Waals surface area contributed by atoms with Crippen LogP contribution in [0.4, 0.5) is 13.2 Å². The first-order valence-corrected chi connectivity index (χ1v) is 10.7. The zero-order valence-corrected chi connectivity index (χ0v) is 16.4. The minimum atomic E-state index is -4.46. The molecule has 1 heterocycles. The van der Waals surface area contributed by atoms with Crippen LogP contribution in [-0.4, -0.2) is 68.5 Å². The van der Waals surface area contributed by atoms with Gasteiger partial charge in [-0.2, -0.15) is 17.5 Å². The fraction of sp³-hybridized carbons (Fsp3) is 0.611. The lowest BCUT2D eigenvalue weighted by atomic mass is 10.1. The summed E-state index contributed by atoms with van der Waals surface area (Å²) in [5, 5.41) is 1.87. The lowest BCUT2D eigenvalue weighted by molar-refractivity contribution is -0.141. The summed E-state index contributed by atoms with van der Waals surface area (Å²) in [4.78, 5) is 13.9. The number of rotatable bonds is 5. The normalized spacial score (nSPS) is 20.0. The van der Waals surface area contributed by atoms with E-state index in [4.69, 9.17) is 0 Å². The molecular weight excluding hydrogens is 395 g/mol. The van der Waals surface area contributed by atoms with E-state index in [0.29, 0.717) is 0 Å². The number of aryl methyl sites for hydroxylation is 2. The Balaban J connectivity index is 1.59. The maximum Gasteiger partial charge on any atom is 0.405 e. The first kappa shape index (κ1) is 21.1. The Morgan fingerprint density at radius 1 is 1.14 bits per heavy atom. The Morgan fingerprint density at radius 2 is 1.79 bits per heavy atom. The smallest absolute Gasteiger partial charge is 0.346 e. The Bertz CT molecular complexity index is 834. The van der Waals surface area contributed by atoms with Crippen LogP contribution >= 0.6 is 0 Å². The van der Waals surface area contributed by atoms with Crippen molar-refractivity contribution < 1.29 is 26.4 Å². The zero-order chi connectivity index (χ0) is 20.5. The zero-order valence-electron chi connectivity index (χ0n) is 15.6. The van der Waals surface area contributed by atoms with E-state index in [-0.39, 0.29) is 31.1 Å². The topological polar surface area (TPSA) is 69.7 Å². The Hall–Kier alpha value is -1.65. The highest BCUT2D eigenvalue weighted by atomic mass is 32.2. The first-order chi connectivity index (χ1) is 13.1. The number of sulfonamides is 1. The molecule has 3 rings (SSSR count). The summed E-state index contributed by atoms with van der Waals surface area (Å²) >= 11 is 0. The van der Waals surface area contributed by atoms with E-state index in [1.165, 1.54) is 16.8 Å². The van der Waals surface area contributed by atoms with Crippen molar-refractivity contribution in [3.05, 3.63) is 29.3 Å². The summed E-state index contributed by atoms with van der Waals surface area (Å²) in [6.07, 6.45) is -1.57. The number of halogens is 3. The Kier molecular flexibility index (Phi) is 6.02. The molecule has 2 aliphatic rings. The predicted octanol–water partition coefficient (Wildman–Crippen LogP) is 1.55. The van der Waals surface area contributed by atoms with Gasteiger partial charge in [0.05, 0.1) is 10.9 Å². The highest BCUT2D eigenvalue weighted by molar-refractivity contribution is 7.89. The number of piperazine rings is 1. The molecule has 1 amide bonds. The van der Waals surface area contributed by atoms with Crippen molar-refractivity contribution in [2.24, 2.45) is 0 Å². The molecule has 0 bridgehead atoms. The Labute approximate surface area is 162 Å². The van der Waals surface area contributed by atoms with E-state index >= 15 is 0 Å². The molecule has 0 aromatic heterocycles. The predicted molar refractivity (Wildman–Crippen MR) is 97.3 cm³/mol. The number of nitrogens with zero attached hydrogens (tertiary/aromatic N) is 2. The molecule has 1 saturated heterocycles. The molecule has 1 aromatic rings. The van der Waals surface area contributed by atoms with Crippen LogP contribution in [0.15, 0.2) is 23.1 Å². The lowest BCUT2D eigenvalue weighted by Crippen LogP contribution is -2.55. The molecular formula is C18H24F3N3O3S. The minimum absolute atomic E-state index is 0.191. The lowest BCUT2D eigenvalue weighted by Gasteiger charge is -2.36. The van der Waals surface area contributed by atoms with Gasteiger partial charge in [0, 0.05) is 26.2 Å². The Morgan fingerprint density at radius 3 is 2.43 bits per heavy atom. The van der Waals surface area contributed by atoms with Gasteiger partial charge < -0.3 is 5.32 Å². The molecule has 0 spiro atoms. The molecule has 0 saturated carbocycles. The standard InChI is InChI=1S/C18H24F3N3O3S/c1-13(17(25)22-12-18(19,20)21)23-7-9-24(10-8-23)28(26,27)16-6-5-14-3-2-4-15(14)11-16/h5-6,11,13H,2-4,7-10,12H2,1H3,(H,22,25). The molecule has 1 fully saturated rings. The number of benzene rings is 1. The third-order valence-electron chi connectivity index (χ3n) is 5.37. The van der Waals surface area contributed by atoms with Crippen molar-refractivity contribution in [2.75, 3.05) is 32.7 Å². The molecule has 1 aliphatic heterocycles. The van der Waals surface area contributed by atoms with Crippen LogP contribution in [0.5, 0.6) is 0 Å². The number of carbonyl (C=O) groups is 1. The molecule has 0 radical (unpaired) electrons. The van der Waals surface area contributed by atoms with E-state index in [0.717, 1.165) is 24.8 Å². The number of hydrogen-bond acceptors (Lipinski definition) is 4. The van der Waals surface area contributed by atoms with Gasteiger partial charge >= 0.3 is 6.18 Å². The number of fused-ring (bicyclic) bond motifs is 1. The summed E-state index contributed by atoms with van der Waals surface area (Å²) in [6.45, 7) is 1.10. The van der Waals surface area contributed by atoms with E-state index in [9.17, 15) is 26.4 Å². The van der Waals surface area contributed by atoms with Crippen molar-refractivity contribution >= 4 is 15.9 Å². The summed E-state index contributed by atoms with van der Waals surface area (Å²) in [7, 11) is -3.63. The number of nitrogens with one attached hydrogen (secondary N) is 1.